The van der Waals surface area contributed by atoms with Gasteiger partial charge < -0.3 is 10.6 Å². The van der Waals surface area contributed by atoms with Crippen molar-refractivity contribution in [2.75, 3.05) is 15.9 Å². The molecule has 1 atom stereocenters. The van der Waals surface area contributed by atoms with E-state index in [-0.39, 0.29) is 12.3 Å². The molecule has 0 heterocycles. The molecule has 0 fully saturated rings. The van der Waals surface area contributed by atoms with E-state index in [2.05, 4.69) is 10.6 Å². The average molecular weight is 432 g/mol. The van der Waals surface area contributed by atoms with Crippen molar-refractivity contribution in [2.24, 2.45) is 0 Å². The molecule has 2 N–H and O–H groups in total. The quantitative estimate of drug-likeness (QED) is 0.702. The number of sulfonamides is 1. The smallest absolute Gasteiger partial charge is 0.253 e. The summed E-state index contributed by atoms with van der Waals surface area (Å²) >= 11 is 0. The fraction of sp³-hybridized carbons (Fsp3) is 0.364. The molecule has 2 aromatic rings. The Morgan fingerprint density at radius 2 is 1.57 bits per heavy atom. The lowest BCUT2D eigenvalue weighted by Gasteiger charge is -2.30. The average Bonchev–Trinajstić information content (AvgIpc) is 2.64. The lowest BCUT2D eigenvalue weighted by Crippen LogP contribution is -2.47. The molecule has 0 bridgehead atoms. The maximum Gasteiger partial charge on any atom is 0.253 e. The molecule has 2 aromatic carbocycles. The van der Waals surface area contributed by atoms with Crippen LogP contribution in [0, 0.1) is 0 Å². The van der Waals surface area contributed by atoms with Crippen molar-refractivity contribution in [1.29, 1.82) is 0 Å². The molecular formula is C22H29N3O4S. The van der Waals surface area contributed by atoms with Crippen LogP contribution in [0.25, 0.3) is 0 Å². The van der Waals surface area contributed by atoms with E-state index >= 15 is 0 Å². The van der Waals surface area contributed by atoms with Gasteiger partial charge in [-0.1, -0.05) is 37.3 Å². The van der Waals surface area contributed by atoms with Crippen LogP contribution >= 0.6 is 0 Å². The zero-order valence-electron chi connectivity index (χ0n) is 18.0. The van der Waals surface area contributed by atoms with Crippen LogP contribution in [-0.2, 0) is 14.8 Å². The number of benzene rings is 2. The number of amides is 2. The van der Waals surface area contributed by atoms with Crippen LogP contribution in [-0.4, -0.2) is 38.1 Å². The maximum absolute atomic E-state index is 13.1. The molecule has 2 rings (SSSR count). The highest BCUT2D eigenvalue weighted by atomic mass is 32.2. The molecule has 0 aliphatic heterocycles. The van der Waals surface area contributed by atoms with Gasteiger partial charge in [0, 0.05) is 5.54 Å². The Hall–Kier alpha value is -2.87. The van der Waals surface area contributed by atoms with E-state index in [0.717, 1.165) is 10.6 Å². The lowest BCUT2D eigenvalue weighted by atomic mass is 10.1. The molecule has 0 unspecified atom stereocenters. The molecule has 0 radical (unpaired) electrons. The zero-order valence-corrected chi connectivity index (χ0v) is 18.8. The number of rotatable bonds is 7. The third kappa shape index (κ3) is 6.06. The van der Waals surface area contributed by atoms with Crippen LogP contribution in [0.5, 0.6) is 0 Å². The summed E-state index contributed by atoms with van der Waals surface area (Å²) in [6, 6.07) is 14.2. The fourth-order valence-corrected chi connectivity index (χ4v) is 4.26. The van der Waals surface area contributed by atoms with Crippen molar-refractivity contribution in [3.8, 4) is 0 Å². The molecule has 162 valence electrons. The Morgan fingerprint density at radius 3 is 2.10 bits per heavy atom. The van der Waals surface area contributed by atoms with E-state index in [0.29, 0.717) is 16.9 Å². The summed E-state index contributed by atoms with van der Waals surface area (Å²) in [7, 11) is -3.72. The second-order valence-electron chi connectivity index (χ2n) is 8.06. The minimum atomic E-state index is -3.72. The number of hydrogen-bond acceptors (Lipinski definition) is 4. The molecule has 0 aliphatic carbocycles. The van der Waals surface area contributed by atoms with Gasteiger partial charge in [-0.15, -0.1) is 0 Å². The van der Waals surface area contributed by atoms with E-state index in [9.17, 15) is 18.0 Å². The summed E-state index contributed by atoms with van der Waals surface area (Å²) in [6.45, 7) is 7.33. The minimum absolute atomic E-state index is 0.254. The van der Waals surface area contributed by atoms with E-state index in [1.165, 1.54) is 0 Å². The highest BCUT2D eigenvalue weighted by molar-refractivity contribution is 7.92. The van der Waals surface area contributed by atoms with Gasteiger partial charge in [-0.05, 0) is 51.5 Å². The van der Waals surface area contributed by atoms with Gasteiger partial charge in [-0.2, -0.15) is 0 Å². The molecular weight excluding hydrogens is 402 g/mol. The van der Waals surface area contributed by atoms with Gasteiger partial charge in [0.05, 0.1) is 23.2 Å². The van der Waals surface area contributed by atoms with Crippen LogP contribution in [0.15, 0.2) is 54.6 Å². The number of hydrogen-bond donors (Lipinski definition) is 2. The first kappa shape index (κ1) is 23.4. The zero-order chi connectivity index (χ0) is 22.5. The van der Waals surface area contributed by atoms with Gasteiger partial charge in [0.15, 0.2) is 0 Å². The van der Waals surface area contributed by atoms with E-state index < -0.39 is 27.5 Å². The van der Waals surface area contributed by atoms with Crippen LogP contribution in [0.3, 0.4) is 0 Å². The van der Waals surface area contributed by atoms with Crippen LogP contribution in [0.4, 0.5) is 11.4 Å². The van der Waals surface area contributed by atoms with Gasteiger partial charge in [-0.3, -0.25) is 13.9 Å². The van der Waals surface area contributed by atoms with Crippen LogP contribution < -0.4 is 14.9 Å². The van der Waals surface area contributed by atoms with E-state index in [1.54, 1.807) is 61.5 Å². The Kier molecular flexibility index (Phi) is 7.25. The highest BCUT2D eigenvalue weighted by Crippen LogP contribution is 2.24. The molecule has 0 saturated heterocycles. The highest BCUT2D eigenvalue weighted by Gasteiger charge is 2.32. The summed E-state index contributed by atoms with van der Waals surface area (Å²) in [5.41, 5.74) is 0.590. The third-order valence-corrected chi connectivity index (χ3v) is 5.44. The van der Waals surface area contributed by atoms with Crippen molar-refractivity contribution < 1.29 is 18.0 Å². The number of nitrogens with one attached hydrogen (secondary N) is 2. The van der Waals surface area contributed by atoms with Crippen LogP contribution in [0.1, 0.15) is 44.5 Å². The predicted octanol–water partition coefficient (Wildman–Crippen LogP) is 3.40. The Bertz CT molecular complexity index is 999. The fourth-order valence-electron chi connectivity index (χ4n) is 3.05. The van der Waals surface area contributed by atoms with Gasteiger partial charge in [0.2, 0.25) is 15.9 Å². The summed E-state index contributed by atoms with van der Waals surface area (Å²) in [6.07, 6.45) is 1.32. The van der Waals surface area contributed by atoms with Crippen molar-refractivity contribution in [1.82, 2.24) is 5.32 Å². The van der Waals surface area contributed by atoms with Gasteiger partial charge in [-0.25, -0.2) is 8.42 Å². The summed E-state index contributed by atoms with van der Waals surface area (Å²) in [5, 5.41) is 5.61. The standard InChI is InChI=1S/C22H29N3O4S/c1-6-19(25(30(5,28)29)16-12-8-7-9-13-16)21(27)23-18-15-11-10-14-17(18)20(26)24-22(2,3)4/h7-15,19H,6H2,1-5H3,(H,23,27)(H,24,26)/t19-/m1/s1. The molecule has 0 aliphatic rings. The monoisotopic (exact) mass is 431 g/mol. The third-order valence-electron chi connectivity index (χ3n) is 4.26. The molecule has 0 spiro atoms. The van der Waals surface area contributed by atoms with Crippen molar-refractivity contribution >= 4 is 33.2 Å². The SMILES string of the molecule is CC[C@H](C(=O)Nc1ccccc1C(=O)NC(C)(C)C)N(c1ccccc1)S(C)(=O)=O. The summed E-state index contributed by atoms with van der Waals surface area (Å²) in [5.74, 6) is -0.836. The van der Waals surface area contributed by atoms with Crippen molar-refractivity contribution in [3.05, 3.63) is 60.2 Å². The number of anilines is 2. The first-order valence-corrected chi connectivity index (χ1v) is 11.6. The molecule has 2 amide bonds. The first-order valence-electron chi connectivity index (χ1n) is 9.71. The second-order valence-corrected chi connectivity index (χ2v) is 9.92. The normalized spacial score (nSPS) is 12.7. The number of nitrogens with zero attached hydrogens (tertiary/aromatic N) is 1. The molecule has 0 aromatic heterocycles. The van der Waals surface area contributed by atoms with Gasteiger partial charge in [0.25, 0.3) is 5.91 Å². The van der Waals surface area contributed by atoms with Crippen molar-refractivity contribution in [3.63, 3.8) is 0 Å². The topological polar surface area (TPSA) is 95.6 Å². The summed E-state index contributed by atoms with van der Waals surface area (Å²) in [4.78, 5) is 25.8. The number of para-hydroxylation sites is 2. The predicted molar refractivity (Wildman–Crippen MR) is 120 cm³/mol. The lowest BCUT2D eigenvalue weighted by molar-refractivity contribution is -0.117. The molecule has 8 heteroatoms. The molecule has 30 heavy (non-hydrogen) atoms. The second kappa shape index (κ2) is 9.30. The molecule has 7 nitrogen and oxygen atoms in total. The van der Waals surface area contributed by atoms with E-state index in [4.69, 9.17) is 0 Å². The van der Waals surface area contributed by atoms with E-state index in [1.807, 2.05) is 20.8 Å². The first-order chi connectivity index (χ1) is 13.9. The Morgan fingerprint density at radius 1 is 1.00 bits per heavy atom. The minimum Gasteiger partial charge on any atom is -0.347 e. The number of carbonyl (C=O) groups is 2. The largest absolute Gasteiger partial charge is 0.347 e. The molecule has 0 saturated carbocycles. The Labute approximate surface area is 178 Å². The van der Waals surface area contributed by atoms with Gasteiger partial charge in [0.1, 0.15) is 6.04 Å². The Balaban J connectivity index is 2.37. The van der Waals surface area contributed by atoms with Crippen LogP contribution in [0.2, 0.25) is 0 Å². The van der Waals surface area contributed by atoms with Crippen molar-refractivity contribution in [2.45, 2.75) is 45.7 Å². The number of carbonyl (C=O) groups excluding carboxylic acids is 2. The van der Waals surface area contributed by atoms with Gasteiger partial charge >= 0.3 is 0 Å². The summed E-state index contributed by atoms with van der Waals surface area (Å²) < 4.78 is 26.1. The maximum atomic E-state index is 13.1.